The second kappa shape index (κ2) is 6.26. The van der Waals surface area contributed by atoms with E-state index in [1.807, 2.05) is 0 Å². The van der Waals surface area contributed by atoms with Crippen LogP contribution in [0.1, 0.15) is 19.3 Å². The molecule has 0 N–H and O–H groups in total. The summed E-state index contributed by atoms with van der Waals surface area (Å²) in [5, 5.41) is 0. The first-order chi connectivity index (χ1) is 6.88. The zero-order valence-electron chi connectivity index (χ0n) is 8.10. The van der Waals surface area contributed by atoms with Crippen LogP contribution in [0.2, 0.25) is 0 Å². The first-order valence-corrected chi connectivity index (χ1v) is 4.18. The zero-order valence-corrected chi connectivity index (χ0v) is 8.10. The van der Waals surface area contributed by atoms with Crippen LogP contribution in [-0.4, -0.2) is 31.8 Å². The molecule has 0 unspecified atom stereocenters. The van der Waals surface area contributed by atoms with Crippen LogP contribution in [0, 0.1) is 0 Å². The van der Waals surface area contributed by atoms with E-state index in [1.54, 1.807) is 0 Å². The van der Waals surface area contributed by atoms with E-state index < -0.39 is 18.1 Å². The molecule has 0 heterocycles. The molecule has 0 aliphatic heterocycles. The predicted molar refractivity (Wildman–Crippen MR) is 42.9 cm³/mol. The summed E-state index contributed by atoms with van der Waals surface area (Å²) in [7, 11) is 1.21. The van der Waals surface area contributed by atoms with Gasteiger partial charge in [0, 0.05) is 6.42 Å². The Balaban J connectivity index is 3.48. The van der Waals surface area contributed by atoms with Crippen LogP contribution in [-0.2, 0) is 19.1 Å². The second-order valence-electron chi connectivity index (χ2n) is 2.67. The van der Waals surface area contributed by atoms with Crippen LogP contribution >= 0.6 is 0 Å². The third kappa shape index (κ3) is 6.75. The van der Waals surface area contributed by atoms with E-state index in [0.29, 0.717) is 6.42 Å². The Labute approximate surface area is 84.3 Å². The molecule has 0 aliphatic carbocycles. The Morgan fingerprint density at radius 2 is 1.80 bits per heavy atom. The molecule has 0 aliphatic rings. The molecule has 4 nitrogen and oxygen atoms in total. The van der Waals surface area contributed by atoms with Gasteiger partial charge in [-0.1, -0.05) is 0 Å². The van der Waals surface area contributed by atoms with Crippen molar-refractivity contribution in [3.63, 3.8) is 0 Å². The molecule has 0 saturated carbocycles. The maximum atomic E-state index is 11.6. The number of carbonyl (C=O) groups is 2. The van der Waals surface area contributed by atoms with Gasteiger partial charge in [-0.05, 0) is 12.8 Å². The minimum atomic E-state index is -4.96. The van der Waals surface area contributed by atoms with Gasteiger partial charge in [0.05, 0.1) is 13.7 Å². The van der Waals surface area contributed by atoms with Gasteiger partial charge in [0.1, 0.15) is 0 Å². The number of halogens is 3. The average Bonchev–Trinajstić information content (AvgIpc) is 2.15. The monoisotopic (exact) mass is 228 g/mol. The Morgan fingerprint density at radius 1 is 1.20 bits per heavy atom. The molecule has 0 bridgehead atoms. The molecule has 0 aromatic rings. The molecule has 0 atom stereocenters. The maximum Gasteiger partial charge on any atom is 0.490 e. The number of methoxy groups -OCH3 is 1. The van der Waals surface area contributed by atoms with Crippen molar-refractivity contribution in [2.75, 3.05) is 13.7 Å². The van der Waals surface area contributed by atoms with Gasteiger partial charge in [-0.25, -0.2) is 4.79 Å². The smallest absolute Gasteiger partial charge is 0.469 e. The van der Waals surface area contributed by atoms with Crippen molar-refractivity contribution in [1.29, 1.82) is 0 Å². The highest BCUT2D eigenvalue weighted by molar-refractivity contribution is 5.75. The van der Waals surface area contributed by atoms with E-state index >= 15 is 0 Å². The summed E-state index contributed by atoms with van der Waals surface area (Å²) in [4.78, 5) is 20.7. The number of rotatable bonds is 5. The summed E-state index contributed by atoms with van der Waals surface area (Å²) in [6.45, 7) is -0.352. The quantitative estimate of drug-likeness (QED) is 0.527. The molecule has 0 fully saturated rings. The lowest BCUT2D eigenvalue weighted by atomic mass is 10.2. The largest absolute Gasteiger partial charge is 0.490 e. The molecular formula is C8H11F3O4. The Morgan fingerprint density at radius 3 is 2.27 bits per heavy atom. The molecule has 0 rings (SSSR count). The van der Waals surface area contributed by atoms with Crippen LogP contribution in [0.25, 0.3) is 0 Å². The molecule has 0 aromatic heterocycles. The molecule has 0 amide bonds. The fraction of sp³-hybridized carbons (Fsp3) is 0.750. The number of alkyl halides is 3. The molecular weight excluding hydrogens is 217 g/mol. The third-order valence-electron chi connectivity index (χ3n) is 1.47. The predicted octanol–water partition coefficient (Wildman–Crippen LogP) is 1.44. The van der Waals surface area contributed by atoms with Crippen LogP contribution in [0.5, 0.6) is 0 Å². The molecule has 7 heteroatoms. The molecule has 15 heavy (non-hydrogen) atoms. The van der Waals surface area contributed by atoms with E-state index in [2.05, 4.69) is 9.47 Å². The third-order valence-corrected chi connectivity index (χ3v) is 1.47. The van der Waals surface area contributed by atoms with Gasteiger partial charge in [-0.2, -0.15) is 13.2 Å². The standard InChI is InChI=1S/C8H11F3O4/c1-14-6(12)4-2-3-5-15-7(13)8(9,10)11/h2-5H2,1H3. The molecule has 0 radical (unpaired) electrons. The zero-order chi connectivity index (χ0) is 11.9. The number of hydrogen-bond donors (Lipinski definition) is 0. The lowest BCUT2D eigenvalue weighted by Crippen LogP contribution is -2.25. The number of unbranched alkanes of at least 4 members (excludes halogenated alkanes) is 1. The van der Waals surface area contributed by atoms with Crippen molar-refractivity contribution >= 4 is 11.9 Å². The van der Waals surface area contributed by atoms with Gasteiger partial charge < -0.3 is 9.47 Å². The van der Waals surface area contributed by atoms with E-state index in [1.165, 1.54) is 7.11 Å². The highest BCUT2D eigenvalue weighted by Gasteiger charge is 2.40. The van der Waals surface area contributed by atoms with Gasteiger partial charge >= 0.3 is 18.1 Å². The lowest BCUT2D eigenvalue weighted by Gasteiger charge is -2.06. The minimum absolute atomic E-state index is 0.0973. The summed E-state index contributed by atoms with van der Waals surface area (Å²) in [6.07, 6.45) is -4.35. The summed E-state index contributed by atoms with van der Waals surface area (Å²) < 4.78 is 43.0. The van der Waals surface area contributed by atoms with Crippen LogP contribution in [0.3, 0.4) is 0 Å². The van der Waals surface area contributed by atoms with Crippen LogP contribution < -0.4 is 0 Å². The van der Waals surface area contributed by atoms with Gasteiger partial charge in [-0.3, -0.25) is 4.79 Å². The number of esters is 2. The Hall–Kier alpha value is -1.27. The SMILES string of the molecule is COC(=O)CCCCOC(=O)C(F)(F)F. The maximum absolute atomic E-state index is 11.6. The van der Waals surface area contributed by atoms with Crippen LogP contribution in [0.4, 0.5) is 13.2 Å². The summed E-state index contributed by atoms with van der Waals surface area (Å²) in [5.74, 6) is -2.65. The van der Waals surface area contributed by atoms with Crippen molar-refractivity contribution in [2.24, 2.45) is 0 Å². The molecule has 0 spiro atoms. The molecule has 0 saturated heterocycles. The second-order valence-corrected chi connectivity index (χ2v) is 2.67. The highest BCUT2D eigenvalue weighted by atomic mass is 19.4. The van der Waals surface area contributed by atoms with Gasteiger partial charge in [0.15, 0.2) is 0 Å². The normalized spacial score (nSPS) is 10.9. The first-order valence-electron chi connectivity index (χ1n) is 4.18. The number of hydrogen-bond acceptors (Lipinski definition) is 4. The summed E-state index contributed by atoms with van der Waals surface area (Å²) in [5.41, 5.74) is 0. The van der Waals surface area contributed by atoms with Crippen LogP contribution in [0.15, 0.2) is 0 Å². The Kier molecular flexibility index (Phi) is 5.73. The highest BCUT2D eigenvalue weighted by Crippen LogP contribution is 2.16. The van der Waals surface area contributed by atoms with Crippen molar-refractivity contribution in [3.05, 3.63) is 0 Å². The topological polar surface area (TPSA) is 52.6 Å². The van der Waals surface area contributed by atoms with Gasteiger partial charge in [0.25, 0.3) is 0 Å². The van der Waals surface area contributed by atoms with Crippen molar-refractivity contribution in [1.82, 2.24) is 0 Å². The van der Waals surface area contributed by atoms with E-state index in [9.17, 15) is 22.8 Å². The fourth-order valence-electron chi connectivity index (χ4n) is 0.720. The van der Waals surface area contributed by atoms with E-state index in [-0.39, 0.29) is 19.4 Å². The van der Waals surface area contributed by atoms with E-state index in [4.69, 9.17) is 0 Å². The first kappa shape index (κ1) is 13.7. The average molecular weight is 228 g/mol. The number of ether oxygens (including phenoxy) is 2. The summed E-state index contributed by atoms with van der Waals surface area (Å²) in [6, 6.07) is 0. The van der Waals surface area contributed by atoms with Crippen molar-refractivity contribution in [3.8, 4) is 0 Å². The molecule has 0 aromatic carbocycles. The number of carbonyl (C=O) groups excluding carboxylic acids is 2. The van der Waals surface area contributed by atoms with Crippen molar-refractivity contribution < 1.29 is 32.2 Å². The van der Waals surface area contributed by atoms with Gasteiger partial charge in [-0.15, -0.1) is 0 Å². The summed E-state index contributed by atoms with van der Waals surface area (Å²) >= 11 is 0. The molecule has 88 valence electrons. The van der Waals surface area contributed by atoms with Crippen molar-refractivity contribution in [2.45, 2.75) is 25.4 Å². The minimum Gasteiger partial charge on any atom is -0.469 e. The lowest BCUT2D eigenvalue weighted by molar-refractivity contribution is -0.199. The fourth-order valence-corrected chi connectivity index (χ4v) is 0.720. The Bertz CT molecular complexity index is 224. The van der Waals surface area contributed by atoms with Gasteiger partial charge in [0.2, 0.25) is 0 Å². The van der Waals surface area contributed by atoms with E-state index in [0.717, 1.165) is 0 Å².